The van der Waals surface area contributed by atoms with Crippen molar-refractivity contribution in [1.82, 2.24) is 0 Å². The summed E-state index contributed by atoms with van der Waals surface area (Å²) in [5.74, 6) is -2.03. The zero-order valence-corrected chi connectivity index (χ0v) is 21.2. The van der Waals surface area contributed by atoms with E-state index in [4.69, 9.17) is 9.53 Å². The van der Waals surface area contributed by atoms with Crippen LogP contribution in [0.3, 0.4) is 0 Å². The largest absolute Gasteiger partial charge is 0.481 e. The minimum absolute atomic E-state index is 0.0157. The van der Waals surface area contributed by atoms with Crippen molar-refractivity contribution in [3.63, 3.8) is 0 Å². The first-order valence-corrected chi connectivity index (χ1v) is 15.1. The summed E-state index contributed by atoms with van der Waals surface area (Å²) in [5.41, 5.74) is -2.27. The lowest BCUT2D eigenvalue weighted by Crippen LogP contribution is -2.53. The summed E-state index contributed by atoms with van der Waals surface area (Å²) >= 11 is 0. The van der Waals surface area contributed by atoms with Gasteiger partial charge in [-0.1, -0.05) is 44.1 Å². The number of unbranched alkanes of at least 4 members (excludes halogenated alkanes) is 2. The first-order chi connectivity index (χ1) is 15.2. The number of halogens is 3. The summed E-state index contributed by atoms with van der Waals surface area (Å²) in [6.45, 7) is 7.05. The average Bonchev–Trinajstić information content (AvgIpc) is 2.93. The van der Waals surface area contributed by atoms with Crippen molar-refractivity contribution in [3.8, 4) is 0 Å². The number of carboxylic acids is 1. The number of alkyl halides is 3. The van der Waals surface area contributed by atoms with Crippen molar-refractivity contribution >= 4 is 20.1 Å². The maximum atomic E-state index is 14.2. The standard InChI is InChI=1S/C24H39F3O5Si/c1-5-6-15-23(24(25,26)27,32-33(2,3)4)16-11-13-19-18(20(28)17-21(19)29)12-9-7-8-10-14-22(30)31/h7,9,11,13,18-19,21,29H,5-6,8,10,12,14-17H2,1-4H3,(H,30,31)/b9-7-,13-11+/t18-,19-,21-,23?/m1/s1. The van der Waals surface area contributed by atoms with E-state index < -0.39 is 44.0 Å². The van der Waals surface area contributed by atoms with Crippen LogP contribution >= 0.6 is 0 Å². The number of Topliss-reactive ketones (excluding diaryl/α,β-unsaturated/α-hetero) is 1. The van der Waals surface area contributed by atoms with Gasteiger partial charge in [0.25, 0.3) is 0 Å². The number of allylic oxidation sites excluding steroid dienone is 2. The van der Waals surface area contributed by atoms with Gasteiger partial charge in [-0.25, -0.2) is 0 Å². The van der Waals surface area contributed by atoms with Gasteiger partial charge in [0.1, 0.15) is 5.78 Å². The van der Waals surface area contributed by atoms with Gasteiger partial charge in [-0.2, -0.15) is 13.2 Å². The third-order valence-corrected chi connectivity index (χ3v) is 6.81. The molecule has 1 fully saturated rings. The molecule has 190 valence electrons. The molecular weight excluding hydrogens is 453 g/mol. The zero-order chi connectivity index (χ0) is 25.3. The third kappa shape index (κ3) is 9.74. The highest BCUT2D eigenvalue weighted by Gasteiger charge is 2.56. The number of carbonyl (C=O) groups excluding carboxylic acids is 1. The second-order valence-corrected chi connectivity index (χ2v) is 14.3. The second kappa shape index (κ2) is 12.9. The van der Waals surface area contributed by atoms with Gasteiger partial charge in [-0.3, -0.25) is 9.59 Å². The topological polar surface area (TPSA) is 83.8 Å². The molecule has 0 amide bonds. The molecule has 0 saturated heterocycles. The molecule has 0 aliphatic heterocycles. The van der Waals surface area contributed by atoms with E-state index in [9.17, 15) is 27.9 Å². The molecule has 1 saturated carbocycles. The zero-order valence-electron chi connectivity index (χ0n) is 20.2. The lowest BCUT2D eigenvalue weighted by Gasteiger charge is -2.40. The molecule has 0 heterocycles. The molecule has 0 aromatic carbocycles. The molecule has 4 atom stereocenters. The Kier molecular flexibility index (Phi) is 11.5. The van der Waals surface area contributed by atoms with Crippen molar-refractivity contribution in [3.05, 3.63) is 24.3 Å². The number of ketones is 1. The quantitative estimate of drug-likeness (QED) is 0.175. The molecule has 1 aliphatic carbocycles. The van der Waals surface area contributed by atoms with Gasteiger partial charge in [-0.15, -0.1) is 0 Å². The highest BCUT2D eigenvalue weighted by molar-refractivity contribution is 6.69. The van der Waals surface area contributed by atoms with Crippen LogP contribution in [0.4, 0.5) is 13.2 Å². The van der Waals surface area contributed by atoms with Crippen molar-refractivity contribution in [2.24, 2.45) is 11.8 Å². The molecule has 1 unspecified atom stereocenters. The number of aliphatic carboxylic acids is 1. The van der Waals surface area contributed by atoms with E-state index in [-0.39, 0.29) is 31.5 Å². The van der Waals surface area contributed by atoms with Crippen LogP contribution in [0.2, 0.25) is 19.6 Å². The molecule has 0 spiro atoms. The van der Waals surface area contributed by atoms with Gasteiger partial charge in [0.15, 0.2) is 13.9 Å². The molecular formula is C24H39F3O5Si. The molecule has 9 heteroatoms. The molecule has 0 radical (unpaired) electrons. The number of aliphatic hydroxyl groups is 1. The van der Waals surface area contributed by atoms with Crippen molar-refractivity contribution in [1.29, 1.82) is 0 Å². The Labute approximate surface area is 196 Å². The Morgan fingerprint density at radius 2 is 1.85 bits per heavy atom. The predicted molar refractivity (Wildman–Crippen MR) is 124 cm³/mol. The van der Waals surface area contributed by atoms with Crippen molar-refractivity contribution < 1.29 is 37.4 Å². The Balaban J connectivity index is 2.95. The van der Waals surface area contributed by atoms with Crippen LogP contribution in [0.5, 0.6) is 0 Å². The molecule has 0 aromatic rings. The van der Waals surface area contributed by atoms with Gasteiger partial charge in [0.05, 0.1) is 6.10 Å². The minimum atomic E-state index is -4.53. The van der Waals surface area contributed by atoms with Crippen LogP contribution in [0.1, 0.15) is 64.7 Å². The highest BCUT2D eigenvalue weighted by atomic mass is 28.4. The number of aliphatic hydroxyl groups excluding tert-OH is 1. The maximum absolute atomic E-state index is 14.2. The van der Waals surface area contributed by atoms with E-state index in [1.807, 2.05) is 13.0 Å². The van der Waals surface area contributed by atoms with E-state index in [0.717, 1.165) is 0 Å². The molecule has 1 aliphatic rings. The van der Waals surface area contributed by atoms with Crippen molar-refractivity contribution in [2.45, 2.75) is 102 Å². The smallest absolute Gasteiger partial charge is 0.416 e. The van der Waals surface area contributed by atoms with Gasteiger partial charge in [0.2, 0.25) is 0 Å². The van der Waals surface area contributed by atoms with E-state index >= 15 is 0 Å². The number of rotatable bonds is 14. The Bertz CT molecular complexity index is 699. The van der Waals surface area contributed by atoms with Crippen LogP contribution < -0.4 is 0 Å². The summed E-state index contributed by atoms with van der Waals surface area (Å²) in [7, 11) is -2.51. The fourth-order valence-corrected chi connectivity index (χ4v) is 5.71. The second-order valence-electron chi connectivity index (χ2n) is 9.86. The summed E-state index contributed by atoms with van der Waals surface area (Å²) in [4.78, 5) is 22.9. The Morgan fingerprint density at radius 1 is 1.18 bits per heavy atom. The SMILES string of the molecule is CCCCC(C/C=C/[C@H]1[C@H](O)CC(=O)[C@@H]1C/C=C\CCCC(=O)O)(O[Si](C)(C)C)C(F)(F)F. The van der Waals surface area contributed by atoms with Crippen LogP contribution in [-0.4, -0.2) is 48.2 Å². The van der Waals surface area contributed by atoms with Crippen LogP contribution in [0.15, 0.2) is 24.3 Å². The lowest BCUT2D eigenvalue weighted by atomic mass is 9.88. The van der Waals surface area contributed by atoms with E-state index in [1.165, 1.54) is 6.08 Å². The molecule has 5 nitrogen and oxygen atoms in total. The van der Waals surface area contributed by atoms with E-state index in [0.29, 0.717) is 32.1 Å². The molecule has 33 heavy (non-hydrogen) atoms. The summed E-state index contributed by atoms with van der Waals surface area (Å²) in [6.07, 6.45) is 3.12. The van der Waals surface area contributed by atoms with Crippen LogP contribution in [-0.2, 0) is 14.0 Å². The number of hydrogen-bond donors (Lipinski definition) is 2. The third-order valence-electron chi connectivity index (χ3n) is 5.81. The average molecular weight is 493 g/mol. The Hall–Kier alpha value is -1.45. The molecule has 0 aromatic heterocycles. The van der Waals surface area contributed by atoms with Crippen LogP contribution in [0, 0.1) is 11.8 Å². The first kappa shape index (κ1) is 29.6. The maximum Gasteiger partial charge on any atom is 0.416 e. The number of hydrogen-bond acceptors (Lipinski definition) is 4. The van der Waals surface area contributed by atoms with Gasteiger partial charge in [0, 0.05) is 31.1 Å². The van der Waals surface area contributed by atoms with Gasteiger partial charge in [-0.05, 0) is 45.3 Å². The summed E-state index contributed by atoms with van der Waals surface area (Å²) in [6, 6.07) is 0. The summed E-state index contributed by atoms with van der Waals surface area (Å²) in [5, 5.41) is 19.0. The number of carboxylic acid groups (broad SMARTS) is 1. The van der Waals surface area contributed by atoms with E-state index in [1.54, 1.807) is 31.8 Å². The molecule has 1 rings (SSSR count). The predicted octanol–water partition coefficient (Wildman–Crippen LogP) is 6.04. The lowest BCUT2D eigenvalue weighted by molar-refractivity contribution is -0.253. The van der Waals surface area contributed by atoms with Crippen molar-refractivity contribution in [2.75, 3.05) is 0 Å². The number of carbonyl (C=O) groups is 2. The monoisotopic (exact) mass is 492 g/mol. The summed E-state index contributed by atoms with van der Waals surface area (Å²) < 4.78 is 48.3. The fraction of sp³-hybridized carbons (Fsp3) is 0.750. The Morgan fingerprint density at radius 3 is 2.39 bits per heavy atom. The normalized spacial score (nSPS) is 24.1. The molecule has 0 bridgehead atoms. The highest BCUT2D eigenvalue weighted by Crippen LogP contribution is 2.43. The molecule has 2 N–H and O–H groups in total. The van der Waals surface area contributed by atoms with E-state index in [2.05, 4.69) is 0 Å². The van der Waals surface area contributed by atoms with Gasteiger partial charge >= 0.3 is 12.1 Å². The van der Waals surface area contributed by atoms with Gasteiger partial charge < -0.3 is 14.6 Å². The van der Waals surface area contributed by atoms with Crippen LogP contribution in [0.25, 0.3) is 0 Å². The first-order valence-electron chi connectivity index (χ1n) is 11.7. The fourth-order valence-electron chi connectivity index (χ4n) is 4.23. The minimum Gasteiger partial charge on any atom is -0.481 e.